The number of hydrogen-bond acceptors (Lipinski definition) is 7. The summed E-state index contributed by atoms with van der Waals surface area (Å²) < 4.78 is 27.5. The van der Waals surface area contributed by atoms with Crippen LogP contribution in [-0.4, -0.2) is 55.5 Å². The van der Waals surface area contributed by atoms with Gasteiger partial charge in [-0.2, -0.15) is 0 Å². The molecule has 1 aromatic carbocycles. The number of methoxy groups -OCH3 is 1. The molecule has 1 unspecified atom stereocenters. The van der Waals surface area contributed by atoms with Crippen LogP contribution in [0.1, 0.15) is 18.8 Å². The van der Waals surface area contributed by atoms with Gasteiger partial charge in [-0.3, -0.25) is 4.79 Å². The molecule has 126 valence electrons. The van der Waals surface area contributed by atoms with E-state index in [4.69, 9.17) is 23.7 Å². The lowest BCUT2D eigenvalue weighted by atomic mass is 9.97. The molecule has 0 aliphatic carbocycles. The molecule has 7 heteroatoms. The van der Waals surface area contributed by atoms with Crippen molar-refractivity contribution in [3.8, 4) is 0 Å². The van der Waals surface area contributed by atoms with E-state index >= 15 is 0 Å². The second kappa shape index (κ2) is 6.94. The molecule has 0 aromatic heterocycles. The lowest BCUT2D eigenvalue weighted by Gasteiger charge is -2.46. The van der Waals surface area contributed by atoms with Gasteiger partial charge in [-0.05, 0) is 0 Å². The molecular weight excluding hydrogens is 304 g/mol. The Morgan fingerprint density at radius 2 is 2.00 bits per heavy atom. The molecule has 0 bridgehead atoms. The molecule has 2 saturated heterocycles. The van der Waals surface area contributed by atoms with E-state index in [2.05, 4.69) is 0 Å². The second-order valence-corrected chi connectivity index (χ2v) is 5.52. The van der Waals surface area contributed by atoms with Crippen molar-refractivity contribution in [2.75, 3.05) is 13.7 Å². The maximum absolute atomic E-state index is 11.3. The van der Waals surface area contributed by atoms with Crippen molar-refractivity contribution in [1.29, 1.82) is 0 Å². The zero-order chi connectivity index (χ0) is 16.4. The number of carbonyl (C=O) groups is 1. The molecule has 2 aliphatic heterocycles. The van der Waals surface area contributed by atoms with Gasteiger partial charge in [-0.15, -0.1) is 0 Å². The summed E-state index contributed by atoms with van der Waals surface area (Å²) in [6, 6.07) is 9.41. The van der Waals surface area contributed by atoms with Gasteiger partial charge in [0.05, 0.1) is 6.61 Å². The highest BCUT2D eigenvalue weighted by Crippen LogP contribution is 2.35. The largest absolute Gasteiger partial charge is 0.454 e. The third kappa shape index (κ3) is 3.39. The Balaban J connectivity index is 1.76. The smallest absolute Gasteiger partial charge is 0.303 e. The Hall–Kier alpha value is -1.51. The van der Waals surface area contributed by atoms with Crippen molar-refractivity contribution in [1.82, 2.24) is 0 Å². The van der Waals surface area contributed by atoms with E-state index in [0.717, 1.165) is 5.56 Å². The highest BCUT2D eigenvalue weighted by atomic mass is 16.8. The quantitative estimate of drug-likeness (QED) is 0.822. The minimum Gasteiger partial charge on any atom is -0.454 e. The van der Waals surface area contributed by atoms with Gasteiger partial charge in [0.15, 0.2) is 18.7 Å². The van der Waals surface area contributed by atoms with E-state index in [1.54, 1.807) is 0 Å². The normalized spacial score (nSPS) is 37.0. The summed E-state index contributed by atoms with van der Waals surface area (Å²) in [5, 5.41) is 10.6. The van der Waals surface area contributed by atoms with Crippen molar-refractivity contribution < 1.29 is 33.6 Å². The monoisotopic (exact) mass is 324 g/mol. The third-order valence-electron chi connectivity index (χ3n) is 3.92. The van der Waals surface area contributed by atoms with E-state index in [9.17, 15) is 9.90 Å². The summed E-state index contributed by atoms with van der Waals surface area (Å²) in [7, 11) is 1.42. The number of hydrogen-bond donors (Lipinski definition) is 1. The van der Waals surface area contributed by atoms with Crippen LogP contribution < -0.4 is 0 Å². The van der Waals surface area contributed by atoms with Gasteiger partial charge < -0.3 is 28.8 Å². The molecule has 1 N–H and O–H groups in total. The maximum atomic E-state index is 11.3. The predicted molar refractivity (Wildman–Crippen MR) is 77.2 cm³/mol. The van der Waals surface area contributed by atoms with Crippen LogP contribution in [0.2, 0.25) is 0 Å². The molecule has 2 fully saturated rings. The fourth-order valence-corrected chi connectivity index (χ4v) is 2.85. The summed E-state index contributed by atoms with van der Waals surface area (Å²) in [6.45, 7) is 1.51. The average Bonchev–Trinajstić information content (AvgIpc) is 2.57. The maximum Gasteiger partial charge on any atom is 0.303 e. The van der Waals surface area contributed by atoms with Crippen molar-refractivity contribution in [2.24, 2.45) is 0 Å². The summed E-state index contributed by atoms with van der Waals surface area (Å²) >= 11 is 0. The zero-order valence-electron chi connectivity index (χ0n) is 13.0. The molecule has 2 aliphatic rings. The Morgan fingerprint density at radius 1 is 1.26 bits per heavy atom. The molecule has 1 aromatic rings. The molecule has 2 heterocycles. The van der Waals surface area contributed by atoms with Crippen LogP contribution in [0.4, 0.5) is 0 Å². The average molecular weight is 324 g/mol. The van der Waals surface area contributed by atoms with E-state index < -0.39 is 43.0 Å². The lowest BCUT2D eigenvalue weighted by Crippen LogP contribution is -2.63. The first-order chi connectivity index (χ1) is 11.1. The summed E-state index contributed by atoms with van der Waals surface area (Å²) in [6.07, 6.45) is -4.67. The van der Waals surface area contributed by atoms with Gasteiger partial charge in [0.2, 0.25) is 0 Å². The number of esters is 1. The first kappa shape index (κ1) is 16.4. The van der Waals surface area contributed by atoms with Gasteiger partial charge in [-0.25, -0.2) is 0 Å². The molecule has 3 rings (SSSR count). The summed E-state index contributed by atoms with van der Waals surface area (Å²) in [4.78, 5) is 11.3. The molecule has 0 radical (unpaired) electrons. The van der Waals surface area contributed by atoms with E-state index in [-0.39, 0.29) is 6.61 Å². The summed E-state index contributed by atoms with van der Waals surface area (Å²) in [5.74, 6) is -0.523. The van der Waals surface area contributed by atoms with Crippen LogP contribution in [-0.2, 0) is 28.5 Å². The fraction of sp³-hybridized carbons (Fsp3) is 0.562. The molecule has 0 spiro atoms. The number of carbonyl (C=O) groups excluding carboxylic acids is 1. The number of rotatable bonds is 3. The number of aliphatic hydroxyl groups excluding tert-OH is 1. The fourth-order valence-electron chi connectivity index (χ4n) is 2.85. The van der Waals surface area contributed by atoms with Crippen molar-refractivity contribution >= 4 is 5.97 Å². The van der Waals surface area contributed by atoms with Crippen molar-refractivity contribution in [3.63, 3.8) is 0 Å². The molecule has 0 saturated carbocycles. The number of fused-ring (bicyclic) bond motifs is 1. The topological polar surface area (TPSA) is 83.5 Å². The van der Waals surface area contributed by atoms with Crippen LogP contribution in [0, 0.1) is 0 Å². The van der Waals surface area contributed by atoms with E-state index in [1.807, 2.05) is 30.3 Å². The van der Waals surface area contributed by atoms with Crippen LogP contribution in [0.15, 0.2) is 30.3 Å². The lowest BCUT2D eigenvalue weighted by molar-refractivity contribution is -0.358. The minimum atomic E-state index is -1.07. The Bertz CT molecular complexity index is 534. The highest BCUT2D eigenvalue weighted by molar-refractivity contribution is 5.66. The summed E-state index contributed by atoms with van der Waals surface area (Å²) in [5.41, 5.74) is 0.844. The Morgan fingerprint density at radius 3 is 2.65 bits per heavy atom. The van der Waals surface area contributed by atoms with Gasteiger partial charge >= 0.3 is 5.97 Å². The van der Waals surface area contributed by atoms with Crippen molar-refractivity contribution in [2.45, 2.75) is 43.9 Å². The highest BCUT2D eigenvalue weighted by Gasteiger charge is 2.51. The van der Waals surface area contributed by atoms with Gasteiger partial charge in [0.25, 0.3) is 0 Å². The molecule has 0 amide bonds. The minimum absolute atomic E-state index is 0.244. The van der Waals surface area contributed by atoms with Gasteiger partial charge in [0, 0.05) is 19.6 Å². The van der Waals surface area contributed by atoms with Crippen LogP contribution in [0.5, 0.6) is 0 Å². The Labute approximate surface area is 134 Å². The second-order valence-electron chi connectivity index (χ2n) is 5.52. The Kier molecular flexibility index (Phi) is 4.93. The van der Waals surface area contributed by atoms with Crippen LogP contribution in [0.25, 0.3) is 0 Å². The van der Waals surface area contributed by atoms with Crippen LogP contribution in [0.3, 0.4) is 0 Å². The SMILES string of the molecule is CO[C@@H]1O[C@@H]2COC(c3ccccc3)O[C@@H]2[C@H](O)[C@H]1OC(C)=O. The molecular formula is C16H20O7. The molecule has 7 nitrogen and oxygen atoms in total. The van der Waals surface area contributed by atoms with E-state index in [0.29, 0.717) is 0 Å². The number of aliphatic hydroxyl groups is 1. The number of ether oxygens (including phenoxy) is 5. The first-order valence-electron chi connectivity index (χ1n) is 7.45. The zero-order valence-corrected chi connectivity index (χ0v) is 13.0. The standard InChI is InChI=1S/C16H20O7/c1-9(17)21-14-12(18)13-11(22-16(14)19-2)8-20-15(23-13)10-6-4-3-5-7-10/h3-7,11-16,18H,8H2,1-2H3/t11-,12+,13+,14-,15?,16-/m1/s1. The molecule has 23 heavy (non-hydrogen) atoms. The third-order valence-corrected chi connectivity index (χ3v) is 3.92. The van der Waals surface area contributed by atoms with Crippen LogP contribution >= 0.6 is 0 Å². The van der Waals surface area contributed by atoms with Gasteiger partial charge in [0.1, 0.15) is 18.3 Å². The van der Waals surface area contributed by atoms with Gasteiger partial charge in [-0.1, -0.05) is 30.3 Å². The first-order valence-corrected chi connectivity index (χ1v) is 7.45. The molecule has 6 atom stereocenters. The van der Waals surface area contributed by atoms with E-state index in [1.165, 1.54) is 14.0 Å². The number of benzene rings is 1. The van der Waals surface area contributed by atoms with Crippen molar-refractivity contribution in [3.05, 3.63) is 35.9 Å². The predicted octanol–water partition coefficient (Wildman–Crippen LogP) is 0.764.